The molecule has 0 radical (unpaired) electrons. The molecule has 1 fully saturated rings. The van der Waals surface area contributed by atoms with Crippen LogP contribution in [0.3, 0.4) is 0 Å². The molecule has 4 nitrogen and oxygen atoms in total. The van der Waals surface area contributed by atoms with Gasteiger partial charge in [-0.05, 0) is 36.8 Å². The molecule has 0 aromatic heterocycles. The van der Waals surface area contributed by atoms with Gasteiger partial charge < -0.3 is 9.80 Å². The lowest BCUT2D eigenvalue weighted by molar-refractivity contribution is -0.131. The van der Waals surface area contributed by atoms with Crippen molar-refractivity contribution in [3.63, 3.8) is 0 Å². The molecule has 0 bridgehead atoms. The molecule has 1 heterocycles. The number of anilines is 1. The van der Waals surface area contributed by atoms with Crippen LogP contribution in [-0.4, -0.2) is 36.3 Å². The van der Waals surface area contributed by atoms with E-state index < -0.39 is 0 Å². The van der Waals surface area contributed by atoms with Crippen LogP contribution >= 0.6 is 0 Å². The Kier molecular flexibility index (Phi) is 6.83. The van der Waals surface area contributed by atoms with Crippen molar-refractivity contribution >= 4 is 17.5 Å². The van der Waals surface area contributed by atoms with Crippen molar-refractivity contribution in [2.45, 2.75) is 59.3 Å². The number of benzene rings is 1. The summed E-state index contributed by atoms with van der Waals surface area (Å²) in [6.45, 7) is 7.53. The van der Waals surface area contributed by atoms with Gasteiger partial charge in [-0.2, -0.15) is 0 Å². The second-order valence-corrected chi connectivity index (χ2v) is 6.53. The third kappa shape index (κ3) is 4.37. The van der Waals surface area contributed by atoms with E-state index in [0.29, 0.717) is 0 Å². The third-order valence-electron chi connectivity index (χ3n) is 4.87. The normalized spacial score (nSPS) is 15.0. The Morgan fingerprint density at radius 2 is 1.54 bits per heavy atom. The number of hydrogen-bond acceptors (Lipinski definition) is 2. The molecule has 0 saturated carbocycles. The molecule has 2 rings (SSSR count). The molecule has 1 aromatic carbocycles. The quantitative estimate of drug-likeness (QED) is 0.828. The minimum Gasteiger partial charge on any atom is -0.341 e. The summed E-state index contributed by atoms with van der Waals surface area (Å²) >= 11 is 0. The molecule has 24 heavy (non-hydrogen) atoms. The largest absolute Gasteiger partial charge is 0.341 e. The first-order chi connectivity index (χ1) is 11.6. The maximum atomic E-state index is 12.8. The van der Waals surface area contributed by atoms with Gasteiger partial charge in [0.2, 0.25) is 11.8 Å². The first-order valence-corrected chi connectivity index (χ1v) is 9.25. The summed E-state index contributed by atoms with van der Waals surface area (Å²) in [5.74, 6) is 0.00818. The van der Waals surface area contributed by atoms with Crippen molar-refractivity contribution in [3.05, 3.63) is 29.3 Å². The minimum atomic E-state index is -0.0613. The fourth-order valence-corrected chi connectivity index (χ4v) is 3.46. The molecule has 0 N–H and O–H groups in total. The molecule has 0 unspecified atom stereocenters. The summed E-state index contributed by atoms with van der Waals surface area (Å²) in [6.07, 6.45) is 6.22. The number of para-hydroxylation sites is 1. The maximum Gasteiger partial charge on any atom is 0.242 e. The zero-order valence-corrected chi connectivity index (χ0v) is 15.3. The van der Waals surface area contributed by atoms with Crippen LogP contribution in [0.1, 0.15) is 57.6 Å². The molecule has 0 atom stereocenters. The molecule has 2 amide bonds. The Morgan fingerprint density at radius 3 is 2.00 bits per heavy atom. The van der Waals surface area contributed by atoms with E-state index in [1.807, 2.05) is 11.0 Å². The molecule has 132 valence electrons. The average Bonchev–Trinajstić information content (AvgIpc) is 2.88. The summed E-state index contributed by atoms with van der Waals surface area (Å²) in [4.78, 5) is 28.7. The van der Waals surface area contributed by atoms with Gasteiger partial charge >= 0.3 is 0 Å². The fraction of sp³-hybridized carbons (Fsp3) is 0.600. The Labute approximate surface area is 145 Å². The molecule has 1 aliphatic rings. The zero-order valence-electron chi connectivity index (χ0n) is 15.3. The van der Waals surface area contributed by atoms with Gasteiger partial charge in [-0.1, -0.05) is 44.9 Å². The van der Waals surface area contributed by atoms with Gasteiger partial charge in [-0.3, -0.25) is 9.59 Å². The molecule has 4 heteroatoms. The number of aryl methyl sites for hydroxylation is 2. The van der Waals surface area contributed by atoms with E-state index in [9.17, 15) is 9.59 Å². The Hall–Kier alpha value is -1.84. The van der Waals surface area contributed by atoms with Gasteiger partial charge in [0.25, 0.3) is 0 Å². The minimum absolute atomic E-state index is 0.0613. The van der Waals surface area contributed by atoms with Crippen LogP contribution in [0.15, 0.2) is 18.2 Å². The van der Waals surface area contributed by atoms with E-state index >= 15 is 0 Å². The standard InChI is InChI=1S/C20H30N2O2/c1-4-17-11-10-12-18(5-2)20(17)22(16(3)23)15-19(24)21-13-8-6-7-9-14-21/h10-12H,4-9,13-15H2,1-3H3. The topological polar surface area (TPSA) is 40.6 Å². The lowest BCUT2D eigenvalue weighted by Crippen LogP contribution is -2.43. The highest BCUT2D eigenvalue weighted by Gasteiger charge is 2.24. The summed E-state index contributed by atoms with van der Waals surface area (Å²) < 4.78 is 0. The van der Waals surface area contributed by atoms with Gasteiger partial charge in [-0.15, -0.1) is 0 Å². The van der Waals surface area contributed by atoms with Crippen LogP contribution in [-0.2, 0) is 22.4 Å². The number of hydrogen-bond donors (Lipinski definition) is 0. The lowest BCUT2D eigenvalue weighted by atomic mass is 10.0. The highest BCUT2D eigenvalue weighted by atomic mass is 16.2. The van der Waals surface area contributed by atoms with Crippen LogP contribution in [0.2, 0.25) is 0 Å². The molecule has 1 aromatic rings. The van der Waals surface area contributed by atoms with Crippen molar-refractivity contribution in [1.29, 1.82) is 0 Å². The van der Waals surface area contributed by atoms with E-state index in [0.717, 1.165) is 55.6 Å². The van der Waals surface area contributed by atoms with E-state index in [-0.39, 0.29) is 18.4 Å². The molecule has 1 aliphatic heterocycles. The molecule has 0 aliphatic carbocycles. The number of carbonyl (C=O) groups excluding carboxylic acids is 2. The fourth-order valence-electron chi connectivity index (χ4n) is 3.46. The van der Waals surface area contributed by atoms with Crippen molar-refractivity contribution in [1.82, 2.24) is 4.90 Å². The summed E-state index contributed by atoms with van der Waals surface area (Å²) in [5, 5.41) is 0. The first-order valence-electron chi connectivity index (χ1n) is 9.25. The van der Waals surface area contributed by atoms with E-state index in [4.69, 9.17) is 0 Å². The Bertz CT molecular complexity index is 553. The number of amides is 2. The molecular weight excluding hydrogens is 300 g/mol. The van der Waals surface area contributed by atoms with Crippen molar-refractivity contribution in [3.8, 4) is 0 Å². The van der Waals surface area contributed by atoms with Gasteiger partial charge in [0.05, 0.1) is 5.69 Å². The summed E-state index contributed by atoms with van der Waals surface area (Å²) in [5.41, 5.74) is 3.21. The van der Waals surface area contributed by atoms with Gasteiger partial charge in [0, 0.05) is 20.0 Å². The Morgan fingerprint density at radius 1 is 1.00 bits per heavy atom. The van der Waals surface area contributed by atoms with E-state index in [1.165, 1.54) is 12.8 Å². The Balaban J connectivity index is 2.27. The van der Waals surface area contributed by atoms with Gasteiger partial charge in [0.15, 0.2) is 0 Å². The molecule has 1 saturated heterocycles. The lowest BCUT2D eigenvalue weighted by Gasteiger charge is -2.29. The zero-order chi connectivity index (χ0) is 17.5. The maximum absolute atomic E-state index is 12.8. The van der Waals surface area contributed by atoms with E-state index in [1.54, 1.807) is 11.8 Å². The number of rotatable bonds is 5. The second kappa shape index (κ2) is 8.86. The third-order valence-corrected chi connectivity index (χ3v) is 4.87. The van der Waals surface area contributed by atoms with Crippen LogP contribution in [0, 0.1) is 0 Å². The van der Waals surface area contributed by atoms with Crippen molar-refractivity contribution in [2.75, 3.05) is 24.5 Å². The predicted octanol–water partition coefficient (Wildman–Crippen LogP) is 3.57. The number of nitrogens with zero attached hydrogens (tertiary/aromatic N) is 2. The first kappa shape index (κ1) is 18.5. The van der Waals surface area contributed by atoms with Crippen LogP contribution < -0.4 is 4.90 Å². The van der Waals surface area contributed by atoms with Crippen molar-refractivity contribution < 1.29 is 9.59 Å². The van der Waals surface area contributed by atoms with Gasteiger partial charge in [-0.25, -0.2) is 0 Å². The van der Waals surface area contributed by atoms with Gasteiger partial charge in [0.1, 0.15) is 6.54 Å². The van der Waals surface area contributed by atoms with Crippen LogP contribution in [0.4, 0.5) is 5.69 Å². The average molecular weight is 330 g/mol. The van der Waals surface area contributed by atoms with Crippen LogP contribution in [0.5, 0.6) is 0 Å². The number of carbonyl (C=O) groups is 2. The highest BCUT2D eigenvalue weighted by molar-refractivity contribution is 5.98. The summed E-state index contributed by atoms with van der Waals surface area (Å²) in [6, 6.07) is 6.15. The monoisotopic (exact) mass is 330 g/mol. The van der Waals surface area contributed by atoms with Crippen LogP contribution in [0.25, 0.3) is 0 Å². The van der Waals surface area contributed by atoms with Crippen molar-refractivity contribution in [2.24, 2.45) is 0 Å². The highest BCUT2D eigenvalue weighted by Crippen LogP contribution is 2.27. The van der Waals surface area contributed by atoms with E-state index in [2.05, 4.69) is 26.0 Å². The second-order valence-electron chi connectivity index (χ2n) is 6.53. The summed E-state index contributed by atoms with van der Waals surface area (Å²) in [7, 11) is 0. The molecule has 0 spiro atoms. The SMILES string of the molecule is CCc1cccc(CC)c1N(CC(=O)N1CCCCCC1)C(C)=O. The molecular formula is C20H30N2O2. The predicted molar refractivity (Wildman–Crippen MR) is 98.3 cm³/mol. The number of likely N-dealkylation sites (tertiary alicyclic amines) is 1. The smallest absolute Gasteiger partial charge is 0.242 e.